The van der Waals surface area contributed by atoms with Crippen LogP contribution in [0.4, 0.5) is 0 Å². The number of nitrogens with zero attached hydrogens (tertiary/aromatic N) is 5. The molecule has 2 aliphatic rings. The summed E-state index contributed by atoms with van der Waals surface area (Å²) >= 11 is 0. The largest absolute Gasteiger partial charge is 0.388 e. The highest BCUT2D eigenvalue weighted by atomic mass is 16.5. The smallest absolute Gasteiger partial charge is 0.242 e. The summed E-state index contributed by atoms with van der Waals surface area (Å²) in [5.41, 5.74) is -0.526. The van der Waals surface area contributed by atoms with E-state index in [0.717, 1.165) is 38.3 Å². The van der Waals surface area contributed by atoms with E-state index < -0.39 is 5.54 Å². The topological polar surface area (TPSA) is 83.7 Å². The molecule has 2 fully saturated rings. The van der Waals surface area contributed by atoms with Crippen LogP contribution < -0.4 is 0 Å². The third kappa shape index (κ3) is 3.56. The second-order valence-corrected chi connectivity index (χ2v) is 7.44. The van der Waals surface area contributed by atoms with Crippen molar-refractivity contribution in [1.29, 1.82) is 0 Å². The molecule has 0 bridgehead atoms. The first-order valence-corrected chi connectivity index (χ1v) is 9.06. The number of piperidine rings is 1. The van der Waals surface area contributed by atoms with Gasteiger partial charge in [0.1, 0.15) is 12.4 Å². The van der Waals surface area contributed by atoms with Crippen LogP contribution in [0.2, 0.25) is 0 Å². The minimum absolute atomic E-state index is 0.122. The van der Waals surface area contributed by atoms with E-state index in [1.165, 1.54) is 0 Å². The van der Waals surface area contributed by atoms with Gasteiger partial charge in [0.25, 0.3) is 0 Å². The maximum Gasteiger partial charge on any atom is 0.242 e. The Morgan fingerprint density at radius 1 is 1.28 bits per heavy atom. The van der Waals surface area contributed by atoms with Gasteiger partial charge in [0.15, 0.2) is 5.82 Å². The van der Waals surface area contributed by atoms with Gasteiger partial charge < -0.3 is 19.3 Å². The summed E-state index contributed by atoms with van der Waals surface area (Å²) in [6, 6.07) is 0. The summed E-state index contributed by atoms with van der Waals surface area (Å²) in [4.78, 5) is 17.4. The number of carbonyl (C=O) groups is 1. The molecule has 25 heavy (non-hydrogen) atoms. The number of hydrogen-bond donors (Lipinski definition) is 1. The second-order valence-electron chi connectivity index (χ2n) is 7.44. The molecule has 8 nitrogen and oxygen atoms in total. The molecular formula is C17H29N5O3. The van der Waals surface area contributed by atoms with Crippen LogP contribution in [0.3, 0.4) is 0 Å². The number of aliphatic hydroxyl groups excluding tert-OH is 1. The fraction of sp³-hybridized carbons (Fsp3) is 0.824. The Kier molecular flexibility index (Phi) is 5.41. The van der Waals surface area contributed by atoms with E-state index >= 15 is 0 Å². The zero-order chi connectivity index (χ0) is 18.0. The van der Waals surface area contributed by atoms with Gasteiger partial charge >= 0.3 is 0 Å². The number of aliphatic hydroxyl groups is 1. The van der Waals surface area contributed by atoms with E-state index in [0.29, 0.717) is 25.6 Å². The minimum atomic E-state index is -0.526. The van der Waals surface area contributed by atoms with Gasteiger partial charge in [0.2, 0.25) is 5.91 Å². The number of likely N-dealkylation sites (tertiary alicyclic amines) is 1. The SMILES string of the molecule is Cn1c(CO)nnc1[C@H]1CCCN(C(=O)C(C)(C)N2CCOCC2)C1. The molecule has 0 saturated carbocycles. The first-order chi connectivity index (χ1) is 11.9. The highest BCUT2D eigenvalue weighted by Gasteiger charge is 2.40. The predicted octanol–water partition coefficient (Wildman–Crippen LogP) is 0.124. The van der Waals surface area contributed by atoms with Crippen molar-refractivity contribution in [2.75, 3.05) is 39.4 Å². The van der Waals surface area contributed by atoms with Crippen molar-refractivity contribution >= 4 is 5.91 Å². The van der Waals surface area contributed by atoms with Crippen molar-refractivity contribution in [3.63, 3.8) is 0 Å². The van der Waals surface area contributed by atoms with Gasteiger partial charge in [-0.3, -0.25) is 9.69 Å². The second kappa shape index (κ2) is 7.39. The first-order valence-electron chi connectivity index (χ1n) is 9.06. The third-order valence-electron chi connectivity index (χ3n) is 5.54. The molecule has 0 aromatic carbocycles. The fourth-order valence-corrected chi connectivity index (χ4v) is 3.89. The number of carbonyl (C=O) groups excluding carboxylic acids is 1. The molecule has 8 heteroatoms. The number of rotatable bonds is 4. The average molecular weight is 351 g/mol. The van der Waals surface area contributed by atoms with Gasteiger partial charge in [0.05, 0.1) is 18.8 Å². The summed E-state index contributed by atoms with van der Waals surface area (Å²) in [6.07, 6.45) is 1.94. The molecule has 3 rings (SSSR count). The van der Waals surface area contributed by atoms with Crippen molar-refractivity contribution in [1.82, 2.24) is 24.6 Å². The van der Waals surface area contributed by atoms with Gasteiger partial charge in [-0.05, 0) is 26.7 Å². The minimum Gasteiger partial charge on any atom is -0.388 e. The molecule has 1 aromatic rings. The Morgan fingerprint density at radius 3 is 2.64 bits per heavy atom. The lowest BCUT2D eigenvalue weighted by Gasteiger charge is -2.44. The van der Waals surface area contributed by atoms with E-state index in [-0.39, 0.29) is 18.4 Å². The van der Waals surface area contributed by atoms with Crippen LogP contribution in [0, 0.1) is 0 Å². The van der Waals surface area contributed by atoms with Crippen LogP contribution in [0.15, 0.2) is 0 Å². The molecule has 0 radical (unpaired) electrons. The van der Waals surface area contributed by atoms with Crippen molar-refractivity contribution in [2.24, 2.45) is 7.05 Å². The van der Waals surface area contributed by atoms with Crippen LogP contribution in [0.5, 0.6) is 0 Å². The fourth-order valence-electron chi connectivity index (χ4n) is 3.89. The summed E-state index contributed by atoms with van der Waals surface area (Å²) < 4.78 is 7.27. The molecule has 1 aromatic heterocycles. The van der Waals surface area contributed by atoms with E-state index in [9.17, 15) is 9.90 Å². The summed E-state index contributed by atoms with van der Waals surface area (Å²) in [5, 5.41) is 17.6. The summed E-state index contributed by atoms with van der Waals surface area (Å²) in [6.45, 7) is 8.29. The highest BCUT2D eigenvalue weighted by molar-refractivity contribution is 5.85. The van der Waals surface area contributed by atoms with E-state index in [1.807, 2.05) is 30.4 Å². The lowest BCUT2D eigenvalue weighted by Crippen LogP contribution is -2.60. The average Bonchev–Trinajstić information content (AvgIpc) is 3.02. The van der Waals surface area contributed by atoms with Gasteiger partial charge in [0, 0.05) is 39.1 Å². The third-order valence-corrected chi connectivity index (χ3v) is 5.54. The molecule has 2 saturated heterocycles. The van der Waals surface area contributed by atoms with Crippen LogP contribution in [-0.2, 0) is 23.2 Å². The molecule has 0 aliphatic carbocycles. The number of ether oxygens (including phenoxy) is 1. The molecule has 1 atom stereocenters. The van der Waals surface area contributed by atoms with E-state index in [2.05, 4.69) is 15.1 Å². The van der Waals surface area contributed by atoms with E-state index in [4.69, 9.17) is 4.74 Å². The van der Waals surface area contributed by atoms with Crippen LogP contribution in [-0.4, -0.2) is 80.5 Å². The zero-order valence-corrected chi connectivity index (χ0v) is 15.4. The van der Waals surface area contributed by atoms with Gasteiger partial charge in [-0.15, -0.1) is 10.2 Å². The molecule has 1 N–H and O–H groups in total. The Bertz CT molecular complexity index is 609. The Balaban J connectivity index is 1.71. The standard InChI is InChI=1S/C17H29N5O3/c1-17(2,22-7-9-25-10-8-22)16(24)21-6-4-5-13(11-21)15-19-18-14(12-23)20(15)3/h13,23H,4-12H2,1-3H3/t13-/m0/s1. The zero-order valence-electron chi connectivity index (χ0n) is 15.4. The molecule has 2 aliphatic heterocycles. The van der Waals surface area contributed by atoms with Gasteiger partial charge in [-0.2, -0.15) is 0 Å². The summed E-state index contributed by atoms with van der Waals surface area (Å²) in [5.74, 6) is 1.75. The Labute approximate surface area is 148 Å². The number of morpholine rings is 1. The van der Waals surface area contributed by atoms with Crippen molar-refractivity contribution in [2.45, 2.75) is 44.8 Å². The van der Waals surface area contributed by atoms with Crippen LogP contribution >= 0.6 is 0 Å². The van der Waals surface area contributed by atoms with Gasteiger partial charge in [-0.25, -0.2) is 0 Å². The number of hydrogen-bond acceptors (Lipinski definition) is 6. The van der Waals surface area contributed by atoms with Crippen molar-refractivity contribution in [3.05, 3.63) is 11.6 Å². The molecule has 1 amide bonds. The quantitative estimate of drug-likeness (QED) is 0.830. The first kappa shape index (κ1) is 18.3. The predicted molar refractivity (Wildman–Crippen MR) is 92.0 cm³/mol. The lowest BCUT2D eigenvalue weighted by atomic mass is 9.93. The number of amides is 1. The Morgan fingerprint density at radius 2 is 2.00 bits per heavy atom. The normalized spacial score (nSPS) is 23.0. The Hall–Kier alpha value is -1.51. The molecule has 0 spiro atoms. The maximum atomic E-state index is 13.2. The molecule has 3 heterocycles. The monoisotopic (exact) mass is 351 g/mol. The molecule has 0 unspecified atom stereocenters. The molecule has 140 valence electrons. The lowest BCUT2D eigenvalue weighted by molar-refractivity contribution is -0.146. The highest BCUT2D eigenvalue weighted by Crippen LogP contribution is 2.28. The number of aromatic nitrogens is 3. The van der Waals surface area contributed by atoms with Crippen molar-refractivity contribution in [3.8, 4) is 0 Å². The van der Waals surface area contributed by atoms with Crippen LogP contribution in [0.1, 0.15) is 44.3 Å². The van der Waals surface area contributed by atoms with Crippen LogP contribution in [0.25, 0.3) is 0 Å². The maximum absolute atomic E-state index is 13.2. The van der Waals surface area contributed by atoms with Gasteiger partial charge in [-0.1, -0.05) is 0 Å². The van der Waals surface area contributed by atoms with E-state index in [1.54, 1.807) is 0 Å². The molecular weight excluding hydrogens is 322 g/mol. The van der Waals surface area contributed by atoms with Crippen molar-refractivity contribution < 1.29 is 14.6 Å². The summed E-state index contributed by atoms with van der Waals surface area (Å²) in [7, 11) is 1.87.